The van der Waals surface area contributed by atoms with Crippen molar-refractivity contribution in [3.05, 3.63) is 34.3 Å². The van der Waals surface area contributed by atoms with Crippen LogP contribution in [0.15, 0.2) is 18.2 Å². The van der Waals surface area contributed by atoms with E-state index >= 15 is 0 Å². The molecule has 0 spiro atoms. The number of alkyl halides is 3. The number of carbonyl (C=O) groups is 2. The summed E-state index contributed by atoms with van der Waals surface area (Å²) in [6.45, 7) is 4.23. The number of carboxylic acids is 2. The summed E-state index contributed by atoms with van der Waals surface area (Å²) in [7, 11) is 0. The second-order valence-corrected chi connectivity index (χ2v) is 6.62. The van der Waals surface area contributed by atoms with Crippen LogP contribution in [0.3, 0.4) is 0 Å². The van der Waals surface area contributed by atoms with E-state index in [1.165, 1.54) is 6.07 Å². The number of aliphatic hydroxyl groups is 1. The lowest BCUT2D eigenvalue weighted by atomic mass is 9.89. The van der Waals surface area contributed by atoms with Crippen LogP contribution in [0.2, 0.25) is 5.02 Å². The molecule has 0 bridgehead atoms. The molecule has 0 unspecified atom stereocenters. The van der Waals surface area contributed by atoms with E-state index in [0.29, 0.717) is 11.6 Å². The van der Waals surface area contributed by atoms with Crippen LogP contribution >= 0.6 is 11.6 Å². The Hall–Kier alpha value is -1.84. The highest BCUT2D eigenvalue weighted by Gasteiger charge is 2.38. The largest absolute Gasteiger partial charge is 0.490 e. The summed E-state index contributed by atoms with van der Waals surface area (Å²) in [5, 5.41) is 26.7. The molecule has 0 amide bonds. The van der Waals surface area contributed by atoms with Crippen molar-refractivity contribution in [3.8, 4) is 0 Å². The molecule has 0 atom stereocenters. The molecule has 0 radical (unpaired) electrons. The molecule has 0 saturated carbocycles. The van der Waals surface area contributed by atoms with E-state index in [-0.39, 0.29) is 5.56 Å². The van der Waals surface area contributed by atoms with Crippen molar-refractivity contribution in [2.24, 2.45) is 0 Å². The molecule has 6 nitrogen and oxygen atoms in total. The number of aromatic carboxylic acids is 1. The maximum absolute atomic E-state index is 11.1. The van der Waals surface area contributed by atoms with E-state index in [1.54, 1.807) is 6.07 Å². The van der Waals surface area contributed by atoms with Gasteiger partial charge in [0.2, 0.25) is 0 Å². The normalized spacial score (nSPS) is 17.0. The Labute approximate surface area is 159 Å². The van der Waals surface area contributed by atoms with Crippen molar-refractivity contribution in [1.82, 2.24) is 4.90 Å². The quantitative estimate of drug-likeness (QED) is 0.702. The van der Waals surface area contributed by atoms with Crippen molar-refractivity contribution in [2.75, 3.05) is 13.1 Å². The number of nitrogens with zero attached hydrogens (tertiary/aromatic N) is 1. The Balaban J connectivity index is 0.000000445. The minimum atomic E-state index is -5.08. The maximum atomic E-state index is 11.1. The fourth-order valence-electron chi connectivity index (χ4n) is 2.59. The number of hydrogen-bond acceptors (Lipinski definition) is 4. The molecule has 1 aromatic rings. The molecule has 152 valence electrons. The third kappa shape index (κ3) is 7.00. The Morgan fingerprint density at radius 2 is 1.74 bits per heavy atom. The SMILES string of the molecule is CCC1(O)CCN(Cc2cccc(C(=O)O)c2Cl)CC1.O=C(O)C(F)(F)F. The molecular formula is C17H21ClF3NO5. The molecule has 1 heterocycles. The standard InChI is InChI=1S/C15H20ClNO3.C2HF3O2/c1-2-15(20)6-8-17(9-7-15)10-11-4-3-5-12(13(11)16)14(18)19;3-2(4,5)1(6)7/h3-5,20H,2,6-10H2,1H3,(H,18,19);(H,6,7). The van der Waals surface area contributed by atoms with Gasteiger partial charge in [0.25, 0.3) is 0 Å². The van der Waals surface area contributed by atoms with Gasteiger partial charge >= 0.3 is 18.1 Å². The Morgan fingerprint density at radius 1 is 1.22 bits per heavy atom. The molecule has 27 heavy (non-hydrogen) atoms. The van der Waals surface area contributed by atoms with Crippen molar-refractivity contribution < 1.29 is 38.1 Å². The number of carboxylic acid groups (broad SMARTS) is 2. The lowest BCUT2D eigenvalue weighted by molar-refractivity contribution is -0.192. The van der Waals surface area contributed by atoms with Crippen LogP contribution in [-0.4, -0.2) is 57.0 Å². The van der Waals surface area contributed by atoms with E-state index in [0.717, 1.165) is 37.9 Å². The second-order valence-electron chi connectivity index (χ2n) is 6.24. The molecule has 1 aliphatic rings. The van der Waals surface area contributed by atoms with E-state index in [2.05, 4.69) is 4.90 Å². The molecule has 0 aliphatic carbocycles. The Kier molecular flexibility index (Phi) is 8.06. The van der Waals surface area contributed by atoms with Gasteiger partial charge in [-0.25, -0.2) is 9.59 Å². The van der Waals surface area contributed by atoms with Crippen LogP contribution in [0.4, 0.5) is 13.2 Å². The van der Waals surface area contributed by atoms with Gasteiger partial charge in [-0.1, -0.05) is 30.7 Å². The summed E-state index contributed by atoms with van der Waals surface area (Å²) in [5.74, 6) is -3.76. The fourth-order valence-corrected chi connectivity index (χ4v) is 2.86. The van der Waals surface area contributed by atoms with E-state index < -0.39 is 23.7 Å². The lowest BCUT2D eigenvalue weighted by Crippen LogP contribution is -2.43. The van der Waals surface area contributed by atoms with Gasteiger partial charge in [-0.3, -0.25) is 4.90 Å². The lowest BCUT2D eigenvalue weighted by Gasteiger charge is -2.37. The molecule has 0 aromatic heterocycles. The summed E-state index contributed by atoms with van der Waals surface area (Å²) in [6.07, 6.45) is -2.81. The van der Waals surface area contributed by atoms with Gasteiger partial charge in [-0.2, -0.15) is 13.2 Å². The smallest absolute Gasteiger partial charge is 0.478 e. The number of hydrogen-bond donors (Lipinski definition) is 3. The van der Waals surface area contributed by atoms with Crippen LogP contribution in [0.25, 0.3) is 0 Å². The van der Waals surface area contributed by atoms with Crippen LogP contribution in [0.1, 0.15) is 42.1 Å². The average Bonchev–Trinajstić information content (AvgIpc) is 2.58. The fraction of sp³-hybridized carbons (Fsp3) is 0.529. The van der Waals surface area contributed by atoms with Crippen molar-refractivity contribution >= 4 is 23.5 Å². The topological polar surface area (TPSA) is 98.1 Å². The van der Waals surface area contributed by atoms with Crippen LogP contribution < -0.4 is 0 Å². The molecule has 1 fully saturated rings. The molecule has 1 aromatic carbocycles. The first kappa shape index (κ1) is 23.2. The van der Waals surface area contributed by atoms with Crippen LogP contribution in [0, 0.1) is 0 Å². The zero-order chi connectivity index (χ0) is 20.8. The van der Waals surface area contributed by atoms with Gasteiger partial charge in [0.1, 0.15) is 0 Å². The predicted octanol–water partition coefficient (Wildman–Crippen LogP) is 3.41. The monoisotopic (exact) mass is 411 g/mol. The maximum Gasteiger partial charge on any atom is 0.490 e. The summed E-state index contributed by atoms with van der Waals surface area (Å²) >= 11 is 6.15. The number of halogens is 4. The summed E-state index contributed by atoms with van der Waals surface area (Å²) in [6, 6.07) is 5.09. The van der Waals surface area contributed by atoms with Crippen LogP contribution in [0.5, 0.6) is 0 Å². The molecule has 10 heteroatoms. The highest BCUT2D eigenvalue weighted by Crippen LogP contribution is 2.28. The minimum Gasteiger partial charge on any atom is -0.478 e. The van der Waals surface area contributed by atoms with Crippen molar-refractivity contribution in [2.45, 2.75) is 44.5 Å². The average molecular weight is 412 g/mol. The molecule has 1 saturated heterocycles. The first-order valence-electron chi connectivity index (χ1n) is 8.15. The number of benzene rings is 1. The molecule has 3 N–H and O–H groups in total. The zero-order valence-corrected chi connectivity index (χ0v) is 15.3. The van der Waals surface area contributed by atoms with E-state index in [9.17, 15) is 23.1 Å². The summed E-state index contributed by atoms with van der Waals surface area (Å²) < 4.78 is 31.7. The van der Waals surface area contributed by atoms with Gasteiger partial charge in [-0.15, -0.1) is 0 Å². The predicted molar refractivity (Wildman–Crippen MR) is 91.9 cm³/mol. The first-order valence-corrected chi connectivity index (χ1v) is 8.53. The molecular weight excluding hydrogens is 391 g/mol. The van der Waals surface area contributed by atoms with E-state index in [4.69, 9.17) is 26.6 Å². The number of piperidine rings is 1. The molecule has 2 rings (SSSR count). The number of likely N-dealkylation sites (tertiary alicyclic amines) is 1. The number of rotatable bonds is 4. The van der Waals surface area contributed by atoms with E-state index in [1.807, 2.05) is 13.0 Å². The minimum absolute atomic E-state index is 0.145. The van der Waals surface area contributed by atoms with Crippen molar-refractivity contribution in [1.29, 1.82) is 0 Å². The van der Waals surface area contributed by atoms with Gasteiger partial charge in [-0.05, 0) is 30.9 Å². The highest BCUT2D eigenvalue weighted by molar-refractivity contribution is 6.34. The van der Waals surface area contributed by atoms with Gasteiger partial charge in [0.15, 0.2) is 0 Å². The molecule has 1 aliphatic heterocycles. The van der Waals surface area contributed by atoms with Crippen molar-refractivity contribution in [3.63, 3.8) is 0 Å². The van der Waals surface area contributed by atoms with Gasteiger partial charge in [0.05, 0.1) is 16.2 Å². The zero-order valence-electron chi connectivity index (χ0n) is 14.6. The Bertz CT molecular complexity index is 673. The Morgan fingerprint density at radius 3 is 2.15 bits per heavy atom. The highest BCUT2D eigenvalue weighted by atomic mass is 35.5. The third-order valence-corrected chi connectivity index (χ3v) is 4.84. The van der Waals surface area contributed by atoms with Gasteiger partial charge in [0, 0.05) is 19.6 Å². The summed E-state index contributed by atoms with van der Waals surface area (Å²) in [4.78, 5) is 22.2. The summed E-state index contributed by atoms with van der Waals surface area (Å²) in [5.41, 5.74) is 0.434. The number of aliphatic carboxylic acids is 1. The van der Waals surface area contributed by atoms with Crippen LogP contribution in [-0.2, 0) is 11.3 Å². The second kappa shape index (κ2) is 9.38. The van der Waals surface area contributed by atoms with Gasteiger partial charge < -0.3 is 15.3 Å². The first-order chi connectivity index (χ1) is 12.4. The third-order valence-electron chi connectivity index (χ3n) is 4.39.